The Morgan fingerprint density at radius 2 is 1.41 bits per heavy atom. The molecule has 7 rings (SSSR count). The van der Waals surface area contributed by atoms with Gasteiger partial charge in [-0.05, 0) is 121 Å². The van der Waals surface area contributed by atoms with Crippen LogP contribution in [0.4, 0.5) is 23.2 Å². The van der Waals surface area contributed by atoms with Gasteiger partial charge in [-0.15, -0.1) is 11.8 Å². The molecule has 0 bridgehead atoms. The molecule has 2 saturated heterocycles. The van der Waals surface area contributed by atoms with Crippen molar-refractivity contribution in [1.29, 1.82) is 0 Å². The number of aliphatic hydroxyl groups is 2. The lowest BCUT2D eigenvalue weighted by Crippen LogP contribution is -2.49. The molecule has 1 amide bonds. The van der Waals surface area contributed by atoms with E-state index in [0.29, 0.717) is 69.7 Å². The van der Waals surface area contributed by atoms with Gasteiger partial charge in [0.25, 0.3) is 25.8 Å². The van der Waals surface area contributed by atoms with Crippen LogP contribution in [0, 0.1) is 5.92 Å². The summed E-state index contributed by atoms with van der Waals surface area (Å²) in [6.45, 7) is 2.94. The van der Waals surface area contributed by atoms with Crippen LogP contribution >= 0.6 is 23.4 Å². The number of piperidine rings is 1. The van der Waals surface area contributed by atoms with Gasteiger partial charge in [0, 0.05) is 72.7 Å². The Labute approximate surface area is 404 Å². The van der Waals surface area contributed by atoms with Crippen LogP contribution in [0.1, 0.15) is 52.8 Å². The molecule has 5 aromatic carbocycles. The lowest BCUT2D eigenvalue weighted by molar-refractivity contribution is -0.0436. The number of halogens is 5. The van der Waals surface area contributed by atoms with E-state index < -0.39 is 65.9 Å². The van der Waals surface area contributed by atoms with Gasteiger partial charge in [0.05, 0.1) is 22.0 Å². The highest BCUT2D eigenvalue weighted by Crippen LogP contribution is 2.40. The number of nitrogens with one attached hydrogen (secondary N) is 1. The molecule has 0 saturated carbocycles. The van der Waals surface area contributed by atoms with E-state index in [2.05, 4.69) is 9.80 Å². The third-order valence-electron chi connectivity index (χ3n) is 12.6. The van der Waals surface area contributed by atoms with E-state index in [1.165, 1.54) is 23.9 Å². The molecule has 2 unspecified atom stereocenters. The van der Waals surface area contributed by atoms with Gasteiger partial charge in [-0.2, -0.15) is 13.2 Å². The molecule has 0 radical (unpaired) electrons. The Bertz CT molecular complexity index is 2710. The first-order chi connectivity index (χ1) is 32.4. The highest BCUT2D eigenvalue weighted by Gasteiger charge is 2.49. The summed E-state index contributed by atoms with van der Waals surface area (Å²) in [5.41, 5.74) is -2.60. The molecular weight excluding hydrogens is 964 g/mol. The van der Waals surface area contributed by atoms with E-state index in [1.807, 2.05) is 70.3 Å². The first-order valence-electron chi connectivity index (χ1n) is 22.2. The number of aliphatic hydroxyl groups excluding tert-OH is 2. The van der Waals surface area contributed by atoms with E-state index in [0.717, 1.165) is 39.4 Å². The van der Waals surface area contributed by atoms with Crippen LogP contribution in [-0.2, 0) is 19.9 Å². The molecule has 3 N–H and O–H groups in total. The predicted octanol–water partition coefficient (Wildman–Crippen LogP) is 8.58. The largest absolute Gasteiger partial charge is 0.501 e. The van der Waals surface area contributed by atoms with Gasteiger partial charge < -0.3 is 20.0 Å². The van der Waals surface area contributed by atoms with Crippen molar-refractivity contribution in [3.63, 3.8) is 0 Å². The minimum atomic E-state index is -6.10. The van der Waals surface area contributed by atoms with Crippen molar-refractivity contribution in [2.24, 2.45) is 5.92 Å². The van der Waals surface area contributed by atoms with Crippen LogP contribution in [0.3, 0.4) is 0 Å². The molecule has 2 aliphatic rings. The lowest BCUT2D eigenvalue weighted by atomic mass is 9.84. The maximum absolute atomic E-state index is 14.4. The Balaban J connectivity index is 1.04. The standard InChI is InChI=1S/C49H53ClF4N4O7S3/c50-38-14-10-34(11-15-38)43-8-4-5-9-45(43)47(60)35-21-24-58(25-22-35)39-16-12-36(13-17-39)48(61)55-68(64,65)42-18-19-44(46(30-42)67(62,63)49(52,53)54)37(33-66-41-6-2-1-3-7-41)20-23-56-26-28-57(29-27-56)32-40(59)31-51/h1-19,30,35,37,40,47,59-60H,20-29,31-33H2,(H,55,61)/t37?,40?,47-/m1/s1. The fraction of sp³-hybridized carbons (Fsp3) is 0.367. The summed E-state index contributed by atoms with van der Waals surface area (Å²) < 4.78 is 112. The van der Waals surface area contributed by atoms with Crippen LogP contribution in [-0.4, -0.2) is 119 Å². The molecule has 0 aliphatic carbocycles. The van der Waals surface area contributed by atoms with Crippen LogP contribution in [0.2, 0.25) is 5.02 Å². The number of piperazine rings is 1. The van der Waals surface area contributed by atoms with Gasteiger partial charge >= 0.3 is 5.51 Å². The van der Waals surface area contributed by atoms with Crippen molar-refractivity contribution in [2.75, 3.05) is 69.7 Å². The summed E-state index contributed by atoms with van der Waals surface area (Å²) in [5.74, 6) is -1.74. The lowest BCUT2D eigenvalue weighted by Gasteiger charge is -2.36. The minimum Gasteiger partial charge on any atom is -0.389 e. The number of sulfone groups is 1. The number of hydrogen-bond acceptors (Lipinski definition) is 11. The second-order valence-electron chi connectivity index (χ2n) is 17.1. The second-order valence-corrected chi connectivity index (χ2v) is 22.2. The first-order valence-corrected chi connectivity index (χ1v) is 26.5. The fourth-order valence-corrected chi connectivity index (χ4v) is 12.1. The van der Waals surface area contributed by atoms with Gasteiger partial charge in [-0.3, -0.25) is 9.69 Å². The minimum absolute atomic E-state index is 0.0289. The van der Waals surface area contributed by atoms with Crippen LogP contribution in [0.5, 0.6) is 0 Å². The Kier molecular flexibility index (Phi) is 17.0. The van der Waals surface area contributed by atoms with Crippen LogP contribution < -0.4 is 9.62 Å². The average molecular weight is 1020 g/mol. The van der Waals surface area contributed by atoms with Crippen LogP contribution in [0.15, 0.2) is 136 Å². The smallest absolute Gasteiger partial charge is 0.389 e. The third-order valence-corrected chi connectivity index (χ3v) is 16.9. The summed E-state index contributed by atoms with van der Waals surface area (Å²) in [6, 6.07) is 32.9. The van der Waals surface area contributed by atoms with Crippen molar-refractivity contribution in [1.82, 2.24) is 14.5 Å². The summed E-state index contributed by atoms with van der Waals surface area (Å²) in [5, 5.41) is 21.9. The van der Waals surface area contributed by atoms with E-state index in [9.17, 15) is 49.4 Å². The Hall–Kier alpha value is -4.53. The highest BCUT2D eigenvalue weighted by atomic mass is 35.5. The number of alkyl halides is 4. The third kappa shape index (κ3) is 12.6. The molecule has 3 atom stereocenters. The summed E-state index contributed by atoms with van der Waals surface area (Å²) in [7, 11) is -11.0. The van der Waals surface area contributed by atoms with E-state index >= 15 is 0 Å². The number of β-amino-alcohol motifs (C(OH)–C–C–N with tert-alkyl or cyclic N) is 1. The zero-order chi connectivity index (χ0) is 48.6. The Morgan fingerprint density at radius 1 is 0.779 bits per heavy atom. The maximum atomic E-state index is 14.4. The van der Waals surface area contributed by atoms with Crippen LogP contribution in [0.25, 0.3) is 11.1 Å². The molecule has 2 aliphatic heterocycles. The Morgan fingerprint density at radius 3 is 2.06 bits per heavy atom. The number of carbonyl (C=O) groups is 1. The average Bonchev–Trinajstić information content (AvgIpc) is 3.34. The van der Waals surface area contributed by atoms with E-state index in [-0.39, 0.29) is 35.8 Å². The quantitative estimate of drug-likeness (QED) is 0.0573. The predicted molar refractivity (Wildman–Crippen MR) is 257 cm³/mol. The number of thioether (sulfide) groups is 1. The molecule has 0 aromatic heterocycles. The van der Waals surface area contributed by atoms with Crippen molar-refractivity contribution in [3.05, 3.63) is 143 Å². The van der Waals surface area contributed by atoms with Gasteiger partial charge in [0.15, 0.2) is 0 Å². The molecule has 68 heavy (non-hydrogen) atoms. The highest BCUT2D eigenvalue weighted by molar-refractivity contribution is 7.99. The van der Waals surface area contributed by atoms with Crippen molar-refractivity contribution in [3.8, 4) is 11.1 Å². The number of amides is 1. The molecule has 364 valence electrons. The first kappa shape index (κ1) is 51.3. The fourth-order valence-electron chi connectivity index (χ4n) is 8.74. The molecule has 19 heteroatoms. The molecule has 2 heterocycles. The molecular formula is C49H53ClF4N4O7S3. The van der Waals surface area contributed by atoms with Gasteiger partial charge in [-0.1, -0.05) is 72.3 Å². The van der Waals surface area contributed by atoms with Crippen molar-refractivity contribution >= 4 is 54.8 Å². The number of rotatable bonds is 18. The maximum Gasteiger partial charge on any atom is 0.501 e. The van der Waals surface area contributed by atoms with Crippen molar-refractivity contribution in [2.45, 2.75) is 57.6 Å². The van der Waals surface area contributed by atoms with Crippen molar-refractivity contribution < 1.29 is 49.4 Å². The summed E-state index contributed by atoms with van der Waals surface area (Å²) >= 11 is 7.42. The zero-order valence-corrected chi connectivity index (χ0v) is 40.1. The van der Waals surface area contributed by atoms with Gasteiger partial charge in [-0.25, -0.2) is 25.9 Å². The summed E-state index contributed by atoms with van der Waals surface area (Å²) in [6.07, 6.45) is -0.274. The number of carbonyl (C=O) groups excluding carboxylic acids is 1. The zero-order valence-electron chi connectivity index (χ0n) is 36.9. The molecule has 5 aromatic rings. The second kappa shape index (κ2) is 22.5. The summed E-state index contributed by atoms with van der Waals surface area (Å²) in [4.78, 5) is 18.2. The van der Waals surface area contributed by atoms with E-state index in [1.54, 1.807) is 30.3 Å². The molecule has 0 spiro atoms. The number of hydrogen-bond donors (Lipinski definition) is 3. The topological polar surface area (TPSA) is 148 Å². The SMILES string of the molecule is O=C(NS(=O)(=O)c1ccc(C(CCN2CCN(CC(O)CF)CC2)CSc2ccccc2)c(S(=O)(=O)C(F)(F)F)c1)c1ccc(N2CCC([C@@H](O)c3ccccc3-c3ccc(Cl)cc3)CC2)cc1. The normalized spacial score (nSPS) is 17.1. The number of anilines is 1. The number of nitrogens with zero attached hydrogens (tertiary/aromatic N) is 3. The monoisotopic (exact) mass is 1020 g/mol. The van der Waals surface area contributed by atoms with Gasteiger partial charge in [0.1, 0.15) is 6.67 Å². The van der Waals surface area contributed by atoms with E-state index in [4.69, 9.17) is 11.6 Å². The number of benzene rings is 5. The molecule has 2 fully saturated rings. The number of sulfonamides is 1. The van der Waals surface area contributed by atoms with Gasteiger partial charge in [0.2, 0.25) is 0 Å². The molecule has 11 nitrogen and oxygen atoms in total.